The van der Waals surface area contributed by atoms with Crippen molar-refractivity contribution in [3.63, 3.8) is 0 Å². The van der Waals surface area contributed by atoms with Gasteiger partial charge >= 0.3 is 0 Å². The topological polar surface area (TPSA) is 59.8 Å². The minimum Gasteiger partial charge on any atom is -0.389 e. The first-order valence-electron chi connectivity index (χ1n) is 6.70. The summed E-state index contributed by atoms with van der Waals surface area (Å²) in [6, 6.07) is 0. The van der Waals surface area contributed by atoms with Gasteiger partial charge in [-0.15, -0.1) is 0 Å². The molecule has 6 nitrogen and oxygen atoms in total. The van der Waals surface area contributed by atoms with Gasteiger partial charge in [0, 0.05) is 39.1 Å². The van der Waals surface area contributed by atoms with Crippen LogP contribution < -0.4 is 0 Å². The Labute approximate surface area is 113 Å². The zero-order chi connectivity index (χ0) is 13.7. The monoisotopic (exact) mass is 269 g/mol. The molecule has 108 valence electrons. The predicted molar refractivity (Wildman–Crippen MR) is 70.8 cm³/mol. The smallest absolute Gasteiger partial charge is 0.122 e. The van der Waals surface area contributed by atoms with E-state index in [9.17, 15) is 5.11 Å². The van der Waals surface area contributed by atoms with Crippen LogP contribution in [0.5, 0.6) is 0 Å². The molecular weight excluding hydrogens is 246 g/mol. The van der Waals surface area contributed by atoms with Crippen LogP contribution in [0, 0.1) is 0 Å². The lowest BCUT2D eigenvalue weighted by Crippen LogP contribution is -2.40. The molecule has 2 atom stereocenters. The van der Waals surface area contributed by atoms with Crippen LogP contribution in [-0.4, -0.2) is 65.2 Å². The summed E-state index contributed by atoms with van der Waals surface area (Å²) in [5.41, 5.74) is 0. The van der Waals surface area contributed by atoms with Crippen LogP contribution >= 0.6 is 0 Å². The lowest BCUT2D eigenvalue weighted by atomic mass is 10.3. The molecule has 0 fully saturated rings. The number of rotatable bonds is 7. The standard InChI is InChI=1S/C13H23N3O3/c1-11(9-18-2)19-10-12(17)7-15-5-6-16-4-3-14-13(16)8-15/h3-4,11-12,17H,5-10H2,1-2H3. The molecule has 1 aromatic heterocycles. The van der Waals surface area contributed by atoms with E-state index in [0.717, 1.165) is 25.5 Å². The van der Waals surface area contributed by atoms with Crippen LogP contribution in [0.15, 0.2) is 12.4 Å². The third-order valence-electron chi connectivity index (χ3n) is 3.27. The third kappa shape index (κ3) is 4.28. The van der Waals surface area contributed by atoms with E-state index in [2.05, 4.69) is 14.5 Å². The van der Waals surface area contributed by atoms with E-state index in [1.165, 1.54) is 0 Å². The second kappa shape index (κ2) is 7.00. The molecule has 0 radical (unpaired) electrons. The van der Waals surface area contributed by atoms with Crippen LogP contribution in [0.4, 0.5) is 0 Å². The van der Waals surface area contributed by atoms with Gasteiger partial charge in [0.25, 0.3) is 0 Å². The third-order valence-corrected chi connectivity index (χ3v) is 3.27. The van der Waals surface area contributed by atoms with Crippen molar-refractivity contribution in [3.05, 3.63) is 18.2 Å². The zero-order valence-electron chi connectivity index (χ0n) is 11.7. The number of hydrogen-bond donors (Lipinski definition) is 1. The highest BCUT2D eigenvalue weighted by Crippen LogP contribution is 2.10. The predicted octanol–water partition coefficient (Wildman–Crippen LogP) is 0.111. The van der Waals surface area contributed by atoms with Crippen molar-refractivity contribution in [1.82, 2.24) is 14.5 Å². The summed E-state index contributed by atoms with van der Waals surface area (Å²) >= 11 is 0. The number of hydrogen-bond acceptors (Lipinski definition) is 5. The Morgan fingerprint density at radius 3 is 3.05 bits per heavy atom. The average molecular weight is 269 g/mol. The molecule has 2 unspecified atom stereocenters. The number of aliphatic hydroxyl groups excluding tert-OH is 1. The van der Waals surface area contributed by atoms with E-state index >= 15 is 0 Å². The number of fused-ring (bicyclic) bond motifs is 1. The first-order valence-corrected chi connectivity index (χ1v) is 6.70. The molecule has 0 amide bonds. The Bertz CT molecular complexity index is 383. The second-order valence-corrected chi connectivity index (χ2v) is 5.03. The highest BCUT2D eigenvalue weighted by atomic mass is 16.5. The minimum absolute atomic E-state index is 0.0138. The van der Waals surface area contributed by atoms with E-state index in [0.29, 0.717) is 19.8 Å². The van der Waals surface area contributed by atoms with Gasteiger partial charge in [0.15, 0.2) is 0 Å². The Balaban J connectivity index is 1.70. The molecule has 0 aliphatic carbocycles. The van der Waals surface area contributed by atoms with Gasteiger partial charge in [-0.1, -0.05) is 0 Å². The van der Waals surface area contributed by atoms with Crippen LogP contribution in [0.25, 0.3) is 0 Å². The molecule has 0 saturated carbocycles. The van der Waals surface area contributed by atoms with Gasteiger partial charge in [0.2, 0.25) is 0 Å². The van der Waals surface area contributed by atoms with Gasteiger partial charge in [-0.3, -0.25) is 4.90 Å². The van der Waals surface area contributed by atoms with Gasteiger partial charge in [-0.05, 0) is 6.92 Å². The maximum atomic E-state index is 9.98. The lowest BCUT2D eigenvalue weighted by Gasteiger charge is -2.29. The van der Waals surface area contributed by atoms with Crippen LogP contribution in [0.1, 0.15) is 12.7 Å². The highest BCUT2D eigenvalue weighted by Gasteiger charge is 2.19. The Kier molecular flexibility index (Phi) is 5.33. The quantitative estimate of drug-likeness (QED) is 0.761. The Hall–Kier alpha value is -0.950. The van der Waals surface area contributed by atoms with Crippen molar-refractivity contribution in [2.75, 3.05) is 33.4 Å². The normalized spacial score (nSPS) is 19.1. The summed E-state index contributed by atoms with van der Waals surface area (Å²) in [4.78, 5) is 6.51. The van der Waals surface area contributed by atoms with E-state index in [1.807, 2.05) is 19.3 Å². The summed E-state index contributed by atoms with van der Waals surface area (Å²) in [6.45, 7) is 6.11. The van der Waals surface area contributed by atoms with Crippen LogP contribution in [-0.2, 0) is 22.6 Å². The summed E-state index contributed by atoms with van der Waals surface area (Å²) < 4.78 is 12.7. The van der Waals surface area contributed by atoms with Gasteiger partial charge in [-0.25, -0.2) is 4.98 Å². The molecule has 2 heterocycles. The SMILES string of the molecule is COCC(C)OCC(O)CN1CCn2ccnc2C1. The number of aromatic nitrogens is 2. The second-order valence-electron chi connectivity index (χ2n) is 5.03. The van der Waals surface area contributed by atoms with Crippen molar-refractivity contribution >= 4 is 0 Å². The molecule has 2 rings (SSSR count). The summed E-state index contributed by atoms with van der Waals surface area (Å²) in [6.07, 6.45) is 3.37. The van der Waals surface area contributed by atoms with Gasteiger partial charge in [0.1, 0.15) is 5.82 Å². The zero-order valence-corrected chi connectivity index (χ0v) is 11.7. The largest absolute Gasteiger partial charge is 0.389 e. The molecule has 0 aromatic carbocycles. The molecule has 19 heavy (non-hydrogen) atoms. The van der Waals surface area contributed by atoms with E-state index in [-0.39, 0.29) is 6.10 Å². The van der Waals surface area contributed by atoms with Crippen molar-refractivity contribution in [2.24, 2.45) is 0 Å². The number of ether oxygens (including phenoxy) is 2. The summed E-state index contributed by atoms with van der Waals surface area (Å²) in [7, 11) is 1.64. The average Bonchev–Trinajstić information content (AvgIpc) is 2.84. The fraction of sp³-hybridized carbons (Fsp3) is 0.769. The number of nitrogens with zero attached hydrogens (tertiary/aromatic N) is 3. The summed E-state index contributed by atoms with van der Waals surface area (Å²) in [5.74, 6) is 1.06. The molecule has 1 N–H and O–H groups in total. The molecule has 0 bridgehead atoms. The molecule has 6 heteroatoms. The summed E-state index contributed by atoms with van der Waals surface area (Å²) in [5, 5.41) is 9.98. The number of aliphatic hydroxyl groups is 1. The molecule has 1 aliphatic heterocycles. The van der Waals surface area contributed by atoms with E-state index in [4.69, 9.17) is 9.47 Å². The van der Waals surface area contributed by atoms with E-state index < -0.39 is 6.10 Å². The van der Waals surface area contributed by atoms with Gasteiger partial charge < -0.3 is 19.1 Å². The first-order chi connectivity index (χ1) is 9.19. The molecule has 1 aliphatic rings. The Morgan fingerprint density at radius 1 is 1.42 bits per heavy atom. The molecule has 0 saturated heterocycles. The fourth-order valence-electron chi connectivity index (χ4n) is 2.29. The van der Waals surface area contributed by atoms with Crippen LogP contribution in [0.2, 0.25) is 0 Å². The van der Waals surface area contributed by atoms with Gasteiger partial charge in [-0.2, -0.15) is 0 Å². The first kappa shape index (κ1) is 14.5. The molecular formula is C13H23N3O3. The number of imidazole rings is 1. The maximum absolute atomic E-state index is 9.98. The van der Waals surface area contributed by atoms with Crippen molar-refractivity contribution in [3.8, 4) is 0 Å². The lowest BCUT2D eigenvalue weighted by molar-refractivity contribution is -0.0415. The molecule has 0 spiro atoms. The van der Waals surface area contributed by atoms with Crippen molar-refractivity contribution < 1.29 is 14.6 Å². The molecule has 1 aromatic rings. The van der Waals surface area contributed by atoms with Gasteiger partial charge in [0.05, 0.1) is 32.0 Å². The van der Waals surface area contributed by atoms with Crippen LogP contribution in [0.3, 0.4) is 0 Å². The maximum Gasteiger partial charge on any atom is 0.122 e. The van der Waals surface area contributed by atoms with E-state index in [1.54, 1.807) is 7.11 Å². The number of methoxy groups -OCH3 is 1. The highest BCUT2D eigenvalue weighted by molar-refractivity contribution is 4.95. The Morgan fingerprint density at radius 2 is 2.26 bits per heavy atom. The number of β-amino-alcohol motifs (C(OH)–C–C–N with tert-alkyl or cyclic N) is 1. The van der Waals surface area contributed by atoms with Crippen molar-refractivity contribution in [2.45, 2.75) is 32.2 Å². The van der Waals surface area contributed by atoms with Crippen molar-refractivity contribution in [1.29, 1.82) is 0 Å². The minimum atomic E-state index is -0.471. The fourth-order valence-corrected chi connectivity index (χ4v) is 2.29.